The maximum absolute atomic E-state index is 2.49. The number of rotatable bonds is 8. The van der Waals surface area contributed by atoms with Crippen LogP contribution in [0.3, 0.4) is 0 Å². The van der Waals surface area contributed by atoms with Crippen LogP contribution in [-0.2, 0) is 10.8 Å². The topological polar surface area (TPSA) is 6.48 Å². The zero-order valence-electron chi connectivity index (χ0n) is 35.6. The van der Waals surface area contributed by atoms with E-state index in [4.69, 9.17) is 0 Å². The van der Waals surface area contributed by atoms with E-state index in [0.717, 1.165) is 45.3 Å². The molecule has 9 aromatic carbocycles. The zero-order chi connectivity index (χ0) is 41.7. The second-order valence-corrected chi connectivity index (χ2v) is 17.8. The highest BCUT2D eigenvalue weighted by Gasteiger charge is 2.36. The summed E-state index contributed by atoms with van der Waals surface area (Å²) in [5.41, 5.74) is 17.7. The summed E-state index contributed by atoms with van der Waals surface area (Å²) in [6.45, 7) is 11.7. The summed E-state index contributed by atoms with van der Waals surface area (Å²) in [5, 5.41) is 2.50. The molecular formula is C59H50N2. The molecule has 1 aliphatic rings. The monoisotopic (exact) mass is 786 g/mol. The quantitative estimate of drug-likeness (QED) is 0.151. The van der Waals surface area contributed by atoms with Gasteiger partial charge < -0.3 is 9.80 Å². The molecule has 0 N–H and O–H groups in total. The molecule has 10 rings (SSSR count). The fourth-order valence-electron chi connectivity index (χ4n) is 9.41. The van der Waals surface area contributed by atoms with Crippen molar-refractivity contribution in [1.29, 1.82) is 0 Å². The van der Waals surface area contributed by atoms with Crippen LogP contribution < -0.4 is 9.80 Å². The van der Waals surface area contributed by atoms with E-state index in [1.54, 1.807) is 0 Å². The highest BCUT2D eigenvalue weighted by Crippen LogP contribution is 2.54. The van der Waals surface area contributed by atoms with Crippen LogP contribution in [-0.4, -0.2) is 0 Å². The molecular weight excluding hydrogens is 737 g/mol. The van der Waals surface area contributed by atoms with Crippen molar-refractivity contribution in [3.8, 4) is 33.4 Å². The summed E-state index contributed by atoms with van der Waals surface area (Å²) < 4.78 is 0. The van der Waals surface area contributed by atoms with E-state index in [2.05, 4.69) is 257 Å². The molecule has 0 spiro atoms. The normalized spacial score (nSPS) is 12.8. The van der Waals surface area contributed by atoms with Gasteiger partial charge in [-0.25, -0.2) is 0 Å². The third-order valence-electron chi connectivity index (χ3n) is 12.6. The van der Waals surface area contributed by atoms with Crippen molar-refractivity contribution in [2.24, 2.45) is 0 Å². The van der Waals surface area contributed by atoms with E-state index in [0.29, 0.717) is 0 Å². The van der Waals surface area contributed by atoms with E-state index in [-0.39, 0.29) is 10.8 Å². The van der Waals surface area contributed by atoms with E-state index < -0.39 is 0 Å². The Hall–Kier alpha value is -7.16. The number of para-hydroxylation sites is 2. The predicted octanol–water partition coefficient (Wildman–Crippen LogP) is 16.7. The third kappa shape index (κ3) is 6.79. The number of anilines is 6. The maximum Gasteiger partial charge on any atom is 0.0564 e. The molecule has 2 heteroatoms. The van der Waals surface area contributed by atoms with Gasteiger partial charge >= 0.3 is 0 Å². The van der Waals surface area contributed by atoms with Crippen LogP contribution in [0.15, 0.2) is 212 Å². The van der Waals surface area contributed by atoms with Gasteiger partial charge in [-0.3, -0.25) is 0 Å². The van der Waals surface area contributed by atoms with Crippen LogP contribution in [0.2, 0.25) is 0 Å². The average molecular weight is 787 g/mol. The summed E-state index contributed by atoms with van der Waals surface area (Å²) in [5.74, 6) is 0. The molecule has 0 atom stereocenters. The van der Waals surface area contributed by atoms with Crippen LogP contribution in [0, 0.1) is 0 Å². The molecule has 0 unspecified atom stereocenters. The Bertz CT molecular complexity index is 3010. The summed E-state index contributed by atoms with van der Waals surface area (Å²) in [6, 6.07) is 78.0. The smallest absolute Gasteiger partial charge is 0.0564 e. The lowest BCUT2D eigenvalue weighted by molar-refractivity contribution is 0.590. The van der Waals surface area contributed by atoms with Gasteiger partial charge in [0.1, 0.15) is 0 Å². The molecule has 0 bridgehead atoms. The molecule has 9 aromatic rings. The molecule has 296 valence electrons. The Morgan fingerprint density at radius 2 is 0.869 bits per heavy atom. The van der Waals surface area contributed by atoms with Gasteiger partial charge in [-0.2, -0.15) is 0 Å². The van der Waals surface area contributed by atoms with Gasteiger partial charge in [0.15, 0.2) is 0 Å². The molecule has 0 amide bonds. The van der Waals surface area contributed by atoms with E-state index in [1.165, 1.54) is 49.7 Å². The molecule has 0 saturated carbocycles. The van der Waals surface area contributed by atoms with Crippen LogP contribution in [0.5, 0.6) is 0 Å². The van der Waals surface area contributed by atoms with Crippen molar-refractivity contribution in [3.05, 3.63) is 229 Å². The molecule has 0 aliphatic heterocycles. The zero-order valence-corrected chi connectivity index (χ0v) is 35.6. The summed E-state index contributed by atoms with van der Waals surface area (Å²) in [4.78, 5) is 4.95. The molecule has 0 aromatic heterocycles. The highest BCUT2D eigenvalue weighted by atomic mass is 15.2. The fraction of sp³-hybridized carbons (Fsp3) is 0.119. The van der Waals surface area contributed by atoms with Gasteiger partial charge in [0.2, 0.25) is 0 Å². The largest absolute Gasteiger partial charge is 0.310 e. The Balaban J connectivity index is 1.24. The minimum absolute atomic E-state index is 0.146. The summed E-state index contributed by atoms with van der Waals surface area (Å²) in [7, 11) is 0. The predicted molar refractivity (Wildman–Crippen MR) is 260 cm³/mol. The van der Waals surface area contributed by atoms with Crippen molar-refractivity contribution < 1.29 is 0 Å². The number of benzene rings is 9. The number of nitrogens with zero attached hydrogens (tertiary/aromatic N) is 2. The first-order chi connectivity index (χ1) is 29.7. The lowest BCUT2D eigenvalue weighted by atomic mass is 9.82. The van der Waals surface area contributed by atoms with E-state index >= 15 is 0 Å². The van der Waals surface area contributed by atoms with Gasteiger partial charge in [0, 0.05) is 33.7 Å². The summed E-state index contributed by atoms with van der Waals surface area (Å²) in [6.07, 6.45) is 0. The van der Waals surface area contributed by atoms with E-state index in [1.807, 2.05) is 0 Å². The maximum atomic E-state index is 2.49. The van der Waals surface area contributed by atoms with Crippen molar-refractivity contribution in [2.75, 3.05) is 9.80 Å². The summed E-state index contributed by atoms with van der Waals surface area (Å²) >= 11 is 0. The third-order valence-corrected chi connectivity index (χ3v) is 12.6. The standard InChI is InChI=1S/C59H50N2/c1-58(2,3)44-38-55(60(45-24-11-7-12-25-45)47-34-32-42(33-35-47)50-30-19-23-41-20-15-16-28-49(41)50)57(43-21-9-6-10-22-43)56(39-44)61(46-26-13-8-14-27-46)48-36-37-52-51-29-17-18-31-53(51)59(4,5)54(52)40-48/h6-40H,1-5H3. The molecule has 0 radical (unpaired) electrons. The first-order valence-corrected chi connectivity index (χ1v) is 21.4. The first-order valence-electron chi connectivity index (χ1n) is 21.4. The molecule has 0 fully saturated rings. The Morgan fingerprint density at radius 1 is 0.377 bits per heavy atom. The average Bonchev–Trinajstić information content (AvgIpc) is 3.52. The number of fused-ring (bicyclic) bond motifs is 4. The minimum atomic E-state index is -0.163. The fourth-order valence-corrected chi connectivity index (χ4v) is 9.41. The van der Waals surface area contributed by atoms with Crippen LogP contribution in [0.1, 0.15) is 51.3 Å². The number of hydrogen-bond donors (Lipinski definition) is 0. The van der Waals surface area contributed by atoms with Crippen molar-refractivity contribution in [2.45, 2.75) is 45.4 Å². The second kappa shape index (κ2) is 15.1. The van der Waals surface area contributed by atoms with Crippen LogP contribution in [0.4, 0.5) is 34.1 Å². The van der Waals surface area contributed by atoms with E-state index in [9.17, 15) is 0 Å². The van der Waals surface area contributed by atoms with Gasteiger partial charge in [0.25, 0.3) is 0 Å². The SMILES string of the molecule is CC(C)(C)c1cc(N(c2ccccc2)c2ccc(-c3cccc4ccccc34)cc2)c(-c2ccccc2)c(N(c2ccccc2)c2ccc3c(c2)C(C)(C)c2ccccc2-3)c1. The molecule has 0 heterocycles. The number of hydrogen-bond acceptors (Lipinski definition) is 2. The Labute approximate surface area is 361 Å². The van der Waals surface area contributed by atoms with Gasteiger partial charge in [0.05, 0.1) is 11.4 Å². The Morgan fingerprint density at radius 3 is 1.52 bits per heavy atom. The Kier molecular flexibility index (Phi) is 9.45. The van der Waals surface area contributed by atoms with Crippen LogP contribution >= 0.6 is 0 Å². The molecule has 2 nitrogen and oxygen atoms in total. The van der Waals surface area contributed by atoms with Crippen molar-refractivity contribution >= 4 is 44.9 Å². The van der Waals surface area contributed by atoms with Gasteiger partial charge in [-0.1, -0.05) is 186 Å². The minimum Gasteiger partial charge on any atom is -0.310 e. The van der Waals surface area contributed by atoms with Crippen molar-refractivity contribution in [3.63, 3.8) is 0 Å². The van der Waals surface area contributed by atoms with Gasteiger partial charge in [-0.15, -0.1) is 0 Å². The first kappa shape index (κ1) is 38.1. The second-order valence-electron chi connectivity index (χ2n) is 17.8. The lowest BCUT2D eigenvalue weighted by Gasteiger charge is -2.35. The molecule has 61 heavy (non-hydrogen) atoms. The lowest BCUT2D eigenvalue weighted by Crippen LogP contribution is -2.20. The highest BCUT2D eigenvalue weighted by molar-refractivity contribution is 6.01. The van der Waals surface area contributed by atoms with Crippen molar-refractivity contribution in [1.82, 2.24) is 0 Å². The van der Waals surface area contributed by atoms with Crippen LogP contribution in [0.25, 0.3) is 44.2 Å². The van der Waals surface area contributed by atoms with Gasteiger partial charge in [-0.05, 0) is 121 Å². The molecule has 0 saturated heterocycles. The molecule has 1 aliphatic carbocycles.